The molecule has 21 heavy (non-hydrogen) atoms. The van der Waals surface area contributed by atoms with Crippen molar-refractivity contribution in [2.75, 3.05) is 4.72 Å². The average Bonchev–Trinajstić information content (AvgIpc) is 2.47. The number of sulfonamides is 1. The van der Waals surface area contributed by atoms with Crippen molar-refractivity contribution in [2.24, 2.45) is 0 Å². The molecule has 0 bridgehead atoms. The van der Waals surface area contributed by atoms with Gasteiger partial charge in [0.25, 0.3) is 10.0 Å². The minimum absolute atomic E-state index is 0.0851. The molecule has 0 atom stereocenters. The first-order chi connectivity index (χ1) is 10.0. The quantitative estimate of drug-likeness (QED) is 0.820. The number of aromatic nitrogens is 1. The van der Waals surface area contributed by atoms with Gasteiger partial charge < -0.3 is 0 Å². The second-order valence-corrected chi connectivity index (χ2v) is 6.79. The smallest absolute Gasteiger partial charge is 0.263 e. The zero-order chi connectivity index (χ0) is 15.3. The standard InChI is InChI=1S/C15H17ClN2O2S/c1-2-3-4-12-5-7-13(8-6-12)18-21(19,20)14-9-10-15(16)17-11-14/h5-11,18H,2-4H2,1H3. The number of benzene rings is 1. The zero-order valence-electron chi connectivity index (χ0n) is 11.7. The van der Waals surface area contributed by atoms with E-state index in [-0.39, 0.29) is 10.0 Å². The van der Waals surface area contributed by atoms with Crippen molar-refractivity contribution in [3.63, 3.8) is 0 Å². The van der Waals surface area contributed by atoms with Crippen LogP contribution in [0.5, 0.6) is 0 Å². The van der Waals surface area contributed by atoms with Gasteiger partial charge in [-0.15, -0.1) is 0 Å². The van der Waals surface area contributed by atoms with E-state index in [1.807, 2.05) is 12.1 Å². The van der Waals surface area contributed by atoms with Gasteiger partial charge in [0.05, 0.1) is 0 Å². The van der Waals surface area contributed by atoms with Crippen LogP contribution in [0.2, 0.25) is 5.15 Å². The Morgan fingerprint density at radius 1 is 1.14 bits per heavy atom. The summed E-state index contributed by atoms with van der Waals surface area (Å²) in [5, 5.41) is 0.259. The van der Waals surface area contributed by atoms with Crippen LogP contribution in [0.3, 0.4) is 0 Å². The summed E-state index contributed by atoms with van der Waals surface area (Å²) in [5.41, 5.74) is 1.73. The zero-order valence-corrected chi connectivity index (χ0v) is 13.3. The minimum Gasteiger partial charge on any atom is -0.280 e. The number of aryl methyl sites for hydroxylation is 1. The third-order valence-electron chi connectivity index (χ3n) is 3.04. The fourth-order valence-electron chi connectivity index (χ4n) is 1.86. The first-order valence-electron chi connectivity index (χ1n) is 6.74. The Bertz CT molecular complexity index is 683. The summed E-state index contributed by atoms with van der Waals surface area (Å²) in [4.78, 5) is 3.87. The van der Waals surface area contributed by atoms with Gasteiger partial charge >= 0.3 is 0 Å². The van der Waals surface area contributed by atoms with Crippen LogP contribution in [0.25, 0.3) is 0 Å². The Labute approximate surface area is 130 Å². The molecule has 0 aliphatic rings. The fourth-order valence-corrected chi connectivity index (χ4v) is 2.97. The van der Waals surface area contributed by atoms with Crippen LogP contribution in [0, 0.1) is 0 Å². The Morgan fingerprint density at radius 3 is 2.43 bits per heavy atom. The molecule has 1 heterocycles. The van der Waals surface area contributed by atoms with Crippen molar-refractivity contribution in [3.05, 3.63) is 53.3 Å². The van der Waals surface area contributed by atoms with E-state index in [1.165, 1.54) is 23.9 Å². The molecule has 2 aromatic rings. The predicted octanol–water partition coefficient (Wildman–Crippen LogP) is 3.88. The van der Waals surface area contributed by atoms with E-state index in [1.54, 1.807) is 12.1 Å². The number of nitrogens with zero attached hydrogens (tertiary/aromatic N) is 1. The van der Waals surface area contributed by atoms with Crippen molar-refractivity contribution < 1.29 is 8.42 Å². The summed E-state index contributed by atoms with van der Waals surface area (Å²) < 4.78 is 26.9. The molecule has 1 aromatic carbocycles. The molecule has 0 aliphatic carbocycles. The maximum atomic E-state index is 12.2. The van der Waals surface area contributed by atoms with Gasteiger partial charge in [0.15, 0.2) is 0 Å². The molecule has 112 valence electrons. The van der Waals surface area contributed by atoms with Crippen LogP contribution >= 0.6 is 11.6 Å². The molecule has 1 aromatic heterocycles. The molecule has 0 unspecified atom stereocenters. The molecule has 0 saturated heterocycles. The van der Waals surface area contributed by atoms with Crippen molar-refractivity contribution in [1.82, 2.24) is 4.98 Å². The van der Waals surface area contributed by atoms with Crippen molar-refractivity contribution >= 4 is 27.3 Å². The SMILES string of the molecule is CCCCc1ccc(NS(=O)(=O)c2ccc(Cl)nc2)cc1. The molecule has 0 spiro atoms. The van der Waals surface area contributed by atoms with E-state index in [9.17, 15) is 8.42 Å². The third kappa shape index (κ3) is 4.44. The molecule has 6 heteroatoms. The van der Waals surface area contributed by atoms with E-state index < -0.39 is 10.0 Å². The molecule has 0 aliphatic heterocycles. The number of rotatable bonds is 6. The number of hydrogen-bond acceptors (Lipinski definition) is 3. The van der Waals surface area contributed by atoms with Crippen LogP contribution in [0.1, 0.15) is 25.3 Å². The summed E-state index contributed by atoms with van der Waals surface area (Å²) >= 11 is 5.65. The summed E-state index contributed by atoms with van der Waals surface area (Å²) in [6, 6.07) is 10.3. The van der Waals surface area contributed by atoms with E-state index in [0.29, 0.717) is 5.69 Å². The van der Waals surface area contributed by atoms with Crippen molar-refractivity contribution in [1.29, 1.82) is 0 Å². The highest BCUT2D eigenvalue weighted by Crippen LogP contribution is 2.17. The van der Waals surface area contributed by atoms with Gasteiger partial charge in [0.1, 0.15) is 10.0 Å². The Morgan fingerprint density at radius 2 is 1.86 bits per heavy atom. The molecular formula is C15H17ClN2O2S. The molecular weight excluding hydrogens is 308 g/mol. The molecule has 0 amide bonds. The topological polar surface area (TPSA) is 59.1 Å². The third-order valence-corrected chi connectivity index (χ3v) is 4.63. The minimum atomic E-state index is -3.63. The lowest BCUT2D eigenvalue weighted by Crippen LogP contribution is -2.13. The van der Waals surface area contributed by atoms with E-state index in [0.717, 1.165) is 19.3 Å². The van der Waals surface area contributed by atoms with Gasteiger partial charge in [-0.3, -0.25) is 4.72 Å². The first-order valence-corrected chi connectivity index (χ1v) is 8.60. The lowest BCUT2D eigenvalue weighted by Gasteiger charge is -2.08. The number of anilines is 1. The lowest BCUT2D eigenvalue weighted by molar-refractivity contribution is 0.601. The highest BCUT2D eigenvalue weighted by molar-refractivity contribution is 7.92. The highest BCUT2D eigenvalue weighted by Gasteiger charge is 2.14. The maximum Gasteiger partial charge on any atom is 0.263 e. The largest absolute Gasteiger partial charge is 0.280 e. The number of hydrogen-bond donors (Lipinski definition) is 1. The fraction of sp³-hybridized carbons (Fsp3) is 0.267. The molecule has 4 nitrogen and oxygen atoms in total. The van der Waals surface area contributed by atoms with Crippen LogP contribution in [0.4, 0.5) is 5.69 Å². The summed E-state index contributed by atoms with van der Waals surface area (Å²) in [7, 11) is -3.63. The normalized spacial score (nSPS) is 11.3. The van der Waals surface area contributed by atoms with Gasteiger partial charge in [-0.1, -0.05) is 37.1 Å². The van der Waals surface area contributed by atoms with Crippen molar-refractivity contribution in [2.45, 2.75) is 31.1 Å². The summed E-state index contributed by atoms with van der Waals surface area (Å²) in [6.45, 7) is 2.14. The van der Waals surface area contributed by atoms with E-state index in [4.69, 9.17) is 11.6 Å². The molecule has 0 radical (unpaired) electrons. The van der Waals surface area contributed by atoms with Gasteiger partial charge in [-0.25, -0.2) is 13.4 Å². The van der Waals surface area contributed by atoms with Crippen LogP contribution in [-0.4, -0.2) is 13.4 Å². The monoisotopic (exact) mass is 324 g/mol. The molecule has 0 saturated carbocycles. The second kappa shape index (κ2) is 6.91. The van der Waals surface area contributed by atoms with Crippen LogP contribution in [-0.2, 0) is 16.4 Å². The van der Waals surface area contributed by atoms with E-state index >= 15 is 0 Å². The first kappa shape index (κ1) is 15.8. The average molecular weight is 325 g/mol. The number of halogens is 1. The van der Waals surface area contributed by atoms with Gasteiger partial charge in [0, 0.05) is 11.9 Å². The highest BCUT2D eigenvalue weighted by atomic mass is 35.5. The Kier molecular flexibility index (Phi) is 5.20. The van der Waals surface area contributed by atoms with E-state index in [2.05, 4.69) is 16.6 Å². The van der Waals surface area contributed by atoms with Crippen molar-refractivity contribution in [3.8, 4) is 0 Å². The van der Waals surface area contributed by atoms with Crippen LogP contribution in [0.15, 0.2) is 47.5 Å². The maximum absolute atomic E-state index is 12.2. The molecule has 1 N–H and O–H groups in total. The Hall–Kier alpha value is -1.59. The number of unbranched alkanes of at least 4 members (excludes halogenated alkanes) is 1. The number of nitrogens with one attached hydrogen (secondary N) is 1. The predicted molar refractivity (Wildman–Crippen MR) is 85.1 cm³/mol. The van der Waals surface area contributed by atoms with Crippen LogP contribution < -0.4 is 4.72 Å². The molecule has 2 rings (SSSR count). The number of pyridine rings is 1. The molecule has 0 fully saturated rings. The lowest BCUT2D eigenvalue weighted by atomic mass is 10.1. The van der Waals surface area contributed by atoms with Gasteiger partial charge in [0.2, 0.25) is 0 Å². The Balaban J connectivity index is 2.11. The summed E-state index contributed by atoms with van der Waals surface area (Å²) in [5.74, 6) is 0. The summed E-state index contributed by atoms with van der Waals surface area (Å²) in [6.07, 6.45) is 4.50. The second-order valence-electron chi connectivity index (χ2n) is 4.72. The van der Waals surface area contributed by atoms with Gasteiger partial charge in [-0.2, -0.15) is 0 Å². The van der Waals surface area contributed by atoms with Gasteiger partial charge in [-0.05, 0) is 42.7 Å².